The molecule has 1 aromatic rings. The van der Waals surface area contributed by atoms with Gasteiger partial charge in [0.2, 0.25) is 0 Å². The molecule has 5 nitrogen and oxygen atoms in total. The molecule has 1 aromatic heterocycles. The van der Waals surface area contributed by atoms with Crippen LogP contribution in [0.4, 0.5) is 36.3 Å². The number of hydrogen-bond donors (Lipinski definition) is 2. The first-order chi connectivity index (χ1) is 10.1. The van der Waals surface area contributed by atoms with Crippen molar-refractivity contribution in [1.82, 2.24) is 4.98 Å². The van der Waals surface area contributed by atoms with Crippen molar-refractivity contribution in [2.24, 2.45) is 0 Å². The van der Waals surface area contributed by atoms with E-state index in [9.17, 15) is 31.1 Å². The zero-order chi connectivity index (χ0) is 18.3. The third kappa shape index (κ3) is 4.25. The van der Waals surface area contributed by atoms with E-state index in [1.807, 2.05) is 5.32 Å². The van der Waals surface area contributed by atoms with Gasteiger partial charge in [0.05, 0.1) is 4.88 Å². The van der Waals surface area contributed by atoms with Crippen LogP contribution in [0.15, 0.2) is 6.20 Å². The van der Waals surface area contributed by atoms with Crippen molar-refractivity contribution in [2.45, 2.75) is 44.3 Å². The Morgan fingerprint density at radius 3 is 2.04 bits per heavy atom. The highest BCUT2D eigenvalue weighted by Crippen LogP contribution is 2.51. The van der Waals surface area contributed by atoms with Crippen LogP contribution in [0.2, 0.25) is 0 Å². The molecule has 0 saturated carbocycles. The lowest BCUT2D eigenvalue weighted by atomic mass is 10.0. The minimum Gasteiger partial charge on any atom is -0.444 e. The van der Waals surface area contributed by atoms with Gasteiger partial charge in [-0.1, -0.05) is 11.3 Å². The smallest absolute Gasteiger partial charge is 0.431 e. The molecule has 1 rings (SSSR count). The fourth-order valence-corrected chi connectivity index (χ4v) is 2.26. The maximum Gasteiger partial charge on any atom is 0.431 e. The molecule has 0 spiro atoms. The van der Waals surface area contributed by atoms with Gasteiger partial charge in [-0.25, -0.2) is 9.78 Å². The lowest BCUT2D eigenvalue weighted by molar-refractivity contribution is -0.375. The summed E-state index contributed by atoms with van der Waals surface area (Å²) in [7, 11) is 0. The minimum absolute atomic E-state index is 0.165. The number of hydrogen-bond acceptors (Lipinski definition) is 5. The Labute approximate surface area is 130 Å². The molecule has 0 atom stereocenters. The third-order valence-corrected chi connectivity index (χ3v) is 3.31. The normalized spacial score (nSPS) is 13.8. The Morgan fingerprint density at radius 1 is 1.17 bits per heavy atom. The lowest BCUT2D eigenvalue weighted by Crippen LogP contribution is -2.53. The number of aromatic nitrogens is 1. The molecule has 1 amide bonds. The van der Waals surface area contributed by atoms with E-state index in [4.69, 9.17) is 9.84 Å². The Hall–Kier alpha value is -1.56. The molecular weight excluding hydrogens is 354 g/mol. The van der Waals surface area contributed by atoms with Gasteiger partial charge < -0.3 is 9.84 Å². The number of amides is 1. The number of alkyl halides is 6. The SMILES string of the molecule is CC(C)(C)OC(=O)Nc1ncc(C(O)(C(F)(F)F)C(F)(F)F)s1. The first-order valence-electron chi connectivity index (χ1n) is 5.90. The average molecular weight is 366 g/mol. The molecule has 2 N–H and O–H groups in total. The second-order valence-corrected chi connectivity index (χ2v) is 6.39. The first kappa shape index (κ1) is 19.5. The van der Waals surface area contributed by atoms with E-state index in [1.54, 1.807) is 0 Å². The number of thiazole rings is 1. The molecule has 0 radical (unpaired) electrons. The molecule has 0 aliphatic rings. The Morgan fingerprint density at radius 2 is 1.65 bits per heavy atom. The number of anilines is 1. The molecule has 0 bridgehead atoms. The van der Waals surface area contributed by atoms with Gasteiger partial charge in [0, 0.05) is 6.20 Å². The Balaban J connectivity index is 3.08. The third-order valence-electron chi connectivity index (χ3n) is 2.29. The van der Waals surface area contributed by atoms with Crippen LogP contribution in [0.3, 0.4) is 0 Å². The highest BCUT2D eigenvalue weighted by molar-refractivity contribution is 7.15. The predicted molar refractivity (Wildman–Crippen MR) is 68.0 cm³/mol. The predicted octanol–water partition coefficient (Wildman–Crippen LogP) is 3.80. The van der Waals surface area contributed by atoms with Gasteiger partial charge in [-0.3, -0.25) is 5.32 Å². The highest BCUT2D eigenvalue weighted by atomic mass is 32.1. The van der Waals surface area contributed by atoms with Crippen LogP contribution in [-0.2, 0) is 10.3 Å². The van der Waals surface area contributed by atoms with E-state index < -0.39 is 39.7 Å². The number of ether oxygens (including phenoxy) is 1. The van der Waals surface area contributed by atoms with Gasteiger partial charge in [-0.2, -0.15) is 26.3 Å². The van der Waals surface area contributed by atoms with Crippen LogP contribution in [0.5, 0.6) is 0 Å². The van der Waals surface area contributed by atoms with E-state index in [-0.39, 0.29) is 17.5 Å². The van der Waals surface area contributed by atoms with Crippen LogP contribution in [0.25, 0.3) is 0 Å². The summed E-state index contributed by atoms with van der Waals surface area (Å²) in [5.41, 5.74) is -6.01. The van der Waals surface area contributed by atoms with Crippen LogP contribution in [-0.4, -0.2) is 34.1 Å². The fourth-order valence-electron chi connectivity index (χ4n) is 1.33. The summed E-state index contributed by atoms with van der Waals surface area (Å²) in [6, 6.07) is 0. The molecule has 1 heterocycles. The maximum atomic E-state index is 12.7. The zero-order valence-corrected chi connectivity index (χ0v) is 12.8. The van der Waals surface area contributed by atoms with Crippen LogP contribution in [0, 0.1) is 0 Å². The fraction of sp³-hybridized carbons (Fsp3) is 0.636. The van der Waals surface area contributed by atoms with Crippen molar-refractivity contribution in [1.29, 1.82) is 0 Å². The number of carbonyl (C=O) groups excluding carboxylic acids is 1. The summed E-state index contributed by atoms with van der Waals surface area (Å²) in [4.78, 5) is 13.1. The molecule has 12 heteroatoms. The van der Waals surface area contributed by atoms with Crippen molar-refractivity contribution in [3.63, 3.8) is 0 Å². The van der Waals surface area contributed by atoms with Gasteiger partial charge >= 0.3 is 18.4 Å². The van der Waals surface area contributed by atoms with Gasteiger partial charge in [-0.15, -0.1) is 0 Å². The maximum absolute atomic E-state index is 12.7. The summed E-state index contributed by atoms with van der Waals surface area (Å²) < 4.78 is 80.8. The summed E-state index contributed by atoms with van der Waals surface area (Å²) in [6.45, 7) is 4.52. The monoisotopic (exact) mass is 366 g/mol. The van der Waals surface area contributed by atoms with Gasteiger partial charge in [0.15, 0.2) is 5.13 Å². The summed E-state index contributed by atoms with van der Waals surface area (Å²) >= 11 is -0.165. The number of carbonyl (C=O) groups is 1. The van der Waals surface area contributed by atoms with Gasteiger partial charge in [0.25, 0.3) is 5.60 Å². The second-order valence-electron chi connectivity index (χ2n) is 5.36. The molecular formula is C11H12F6N2O3S. The molecule has 132 valence electrons. The average Bonchev–Trinajstić information content (AvgIpc) is 2.70. The highest BCUT2D eigenvalue weighted by Gasteiger charge is 2.72. The summed E-state index contributed by atoms with van der Waals surface area (Å²) in [5.74, 6) is 0. The zero-order valence-electron chi connectivity index (χ0n) is 12.0. The van der Waals surface area contributed by atoms with Crippen molar-refractivity contribution < 1.29 is 41.0 Å². The Bertz CT molecular complexity index is 562. The number of halogens is 6. The molecule has 0 fully saturated rings. The van der Waals surface area contributed by atoms with Crippen molar-refractivity contribution in [3.8, 4) is 0 Å². The molecule has 0 saturated heterocycles. The van der Waals surface area contributed by atoms with E-state index in [1.165, 1.54) is 20.8 Å². The minimum atomic E-state index is -6.01. The topological polar surface area (TPSA) is 71.5 Å². The summed E-state index contributed by atoms with van der Waals surface area (Å²) in [5, 5.41) is 10.5. The van der Waals surface area contributed by atoms with Crippen LogP contribution >= 0.6 is 11.3 Å². The number of nitrogens with zero attached hydrogens (tertiary/aromatic N) is 1. The van der Waals surface area contributed by atoms with Crippen molar-refractivity contribution in [3.05, 3.63) is 11.1 Å². The van der Waals surface area contributed by atoms with E-state index >= 15 is 0 Å². The largest absolute Gasteiger partial charge is 0.444 e. The number of rotatable bonds is 2. The lowest BCUT2D eigenvalue weighted by Gasteiger charge is -2.30. The first-order valence-corrected chi connectivity index (χ1v) is 6.72. The van der Waals surface area contributed by atoms with Crippen molar-refractivity contribution >= 4 is 22.6 Å². The van der Waals surface area contributed by atoms with E-state index in [0.29, 0.717) is 0 Å². The molecule has 23 heavy (non-hydrogen) atoms. The molecule has 0 aliphatic carbocycles. The molecule has 0 aromatic carbocycles. The quantitative estimate of drug-likeness (QED) is 0.781. The van der Waals surface area contributed by atoms with E-state index in [0.717, 1.165) is 0 Å². The van der Waals surface area contributed by atoms with E-state index in [2.05, 4.69) is 4.98 Å². The molecule has 0 aliphatic heterocycles. The van der Waals surface area contributed by atoms with Crippen LogP contribution < -0.4 is 5.32 Å². The second kappa shape index (κ2) is 5.82. The number of nitrogens with one attached hydrogen (secondary N) is 1. The number of aliphatic hydroxyl groups is 1. The van der Waals surface area contributed by atoms with Gasteiger partial charge in [0.1, 0.15) is 5.60 Å². The van der Waals surface area contributed by atoms with Crippen LogP contribution in [0.1, 0.15) is 25.6 Å². The van der Waals surface area contributed by atoms with Gasteiger partial charge in [-0.05, 0) is 20.8 Å². The Kier molecular flexibility index (Phi) is 4.93. The standard InChI is InChI=1S/C11H12F6N2O3S/c1-8(2,3)22-7(20)19-6-18-4-5(23-6)9(21,10(12,13)14)11(15,16)17/h4,21H,1-3H3,(H,18,19,20). The van der Waals surface area contributed by atoms with Crippen molar-refractivity contribution in [2.75, 3.05) is 5.32 Å². The molecule has 0 unspecified atom stereocenters. The summed E-state index contributed by atoms with van der Waals surface area (Å²) in [6.07, 6.45) is -12.9.